The molecule has 0 bridgehead atoms. The summed E-state index contributed by atoms with van der Waals surface area (Å²) in [6, 6.07) is 6.94. The monoisotopic (exact) mass is 233 g/mol. The highest BCUT2D eigenvalue weighted by atomic mass is 16.3. The van der Waals surface area contributed by atoms with Gasteiger partial charge in [-0.1, -0.05) is 31.4 Å². The lowest BCUT2D eigenvalue weighted by Crippen LogP contribution is -2.31. The van der Waals surface area contributed by atoms with Crippen molar-refractivity contribution >= 4 is 5.91 Å². The lowest BCUT2D eigenvalue weighted by atomic mass is 9.88. The minimum absolute atomic E-state index is 0.178. The summed E-state index contributed by atoms with van der Waals surface area (Å²) in [4.78, 5) is 11.9. The summed E-state index contributed by atoms with van der Waals surface area (Å²) < 4.78 is 0. The van der Waals surface area contributed by atoms with Crippen LogP contribution < -0.4 is 5.32 Å². The van der Waals surface area contributed by atoms with Crippen LogP contribution in [0.2, 0.25) is 0 Å². The maximum atomic E-state index is 11.9. The molecule has 2 rings (SSSR count). The number of nitrogens with one attached hydrogen (secondary N) is 1. The first-order valence-corrected chi connectivity index (χ1v) is 6.31. The molecule has 0 aromatic heterocycles. The third-order valence-electron chi connectivity index (χ3n) is 3.38. The van der Waals surface area contributed by atoms with Crippen LogP contribution in [0.4, 0.5) is 0 Å². The van der Waals surface area contributed by atoms with Crippen molar-refractivity contribution in [2.24, 2.45) is 5.92 Å². The first-order chi connectivity index (χ1) is 8.25. The lowest BCUT2D eigenvalue weighted by Gasteiger charge is -2.20. The molecule has 1 saturated carbocycles. The molecular weight excluding hydrogens is 214 g/mol. The van der Waals surface area contributed by atoms with Gasteiger partial charge >= 0.3 is 0 Å². The summed E-state index contributed by atoms with van der Waals surface area (Å²) in [5, 5.41) is 12.1. The second-order valence-electron chi connectivity index (χ2n) is 4.72. The molecule has 1 aromatic rings. The molecule has 3 heteroatoms. The summed E-state index contributed by atoms with van der Waals surface area (Å²) in [5.74, 6) is 0.644. The highest BCUT2D eigenvalue weighted by Crippen LogP contribution is 2.23. The van der Waals surface area contributed by atoms with Crippen molar-refractivity contribution in [3.05, 3.63) is 29.8 Å². The summed E-state index contributed by atoms with van der Waals surface area (Å²) >= 11 is 0. The van der Waals surface area contributed by atoms with Crippen molar-refractivity contribution < 1.29 is 9.90 Å². The Kier molecular flexibility index (Phi) is 4.02. The van der Waals surface area contributed by atoms with Crippen molar-refractivity contribution in [3.8, 4) is 5.75 Å². The van der Waals surface area contributed by atoms with Crippen molar-refractivity contribution in [1.82, 2.24) is 5.32 Å². The lowest BCUT2D eigenvalue weighted by molar-refractivity contribution is -0.126. The van der Waals surface area contributed by atoms with E-state index in [2.05, 4.69) is 5.32 Å². The molecule has 0 spiro atoms. The number of phenolic OH excluding ortho intramolecular Hbond substituents is 1. The zero-order chi connectivity index (χ0) is 12.1. The van der Waals surface area contributed by atoms with E-state index in [-0.39, 0.29) is 17.6 Å². The predicted octanol–water partition coefficient (Wildman–Crippen LogP) is 2.59. The Bertz CT molecular complexity index is 366. The van der Waals surface area contributed by atoms with Gasteiger partial charge in [-0.15, -0.1) is 0 Å². The normalized spacial score (nSPS) is 16.7. The number of carbonyl (C=O) groups excluding carboxylic acids is 1. The van der Waals surface area contributed by atoms with Crippen molar-refractivity contribution in [1.29, 1.82) is 0 Å². The summed E-state index contributed by atoms with van der Waals surface area (Å²) in [6.45, 7) is 0.551. The van der Waals surface area contributed by atoms with E-state index >= 15 is 0 Å². The van der Waals surface area contributed by atoms with Crippen LogP contribution in [-0.4, -0.2) is 11.0 Å². The van der Waals surface area contributed by atoms with Gasteiger partial charge in [0.15, 0.2) is 0 Å². The third kappa shape index (κ3) is 3.48. The maximum Gasteiger partial charge on any atom is 0.223 e. The number of benzene rings is 1. The molecule has 0 aliphatic heterocycles. The fourth-order valence-corrected chi connectivity index (χ4v) is 2.31. The second kappa shape index (κ2) is 5.71. The van der Waals surface area contributed by atoms with E-state index in [1.165, 1.54) is 19.3 Å². The highest BCUT2D eigenvalue weighted by Gasteiger charge is 2.20. The van der Waals surface area contributed by atoms with E-state index in [4.69, 9.17) is 5.11 Å². The third-order valence-corrected chi connectivity index (χ3v) is 3.38. The van der Waals surface area contributed by atoms with Gasteiger partial charge in [-0.3, -0.25) is 4.79 Å². The van der Waals surface area contributed by atoms with Gasteiger partial charge in [-0.05, 0) is 30.5 Å². The van der Waals surface area contributed by atoms with Crippen molar-refractivity contribution in [3.63, 3.8) is 0 Å². The molecule has 3 nitrogen and oxygen atoms in total. The molecule has 1 aromatic carbocycles. The molecule has 1 amide bonds. The number of hydrogen-bond acceptors (Lipinski definition) is 2. The molecule has 0 saturated heterocycles. The number of phenols is 1. The van der Waals surface area contributed by atoms with Gasteiger partial charge < -0.3 is 10.4 Å². The van der Waals surface area contributed by atoms with Crippen LogP contribution in [0.3, 0.4) is 0 Å². The standard InChI is InChI=1S/C14H19NO2/c16-13-8-6-11(7-9-13)10-15-14(17)12-4-2-1-3-5-12/h6-9,12,16H,1-5,10H2,(H,15,17). The zero-order valence-corrected chi connectivity index (χ0v) is 9.98. The summed E-state index contributed by atoms with van der Waals surface area (Å²) in [5.41, 5.74) is 1.02. The molecule has 1 fully saturated rings. The maximum absolute atomic E-state index is 11.9. The van der Waals surface area contributed by atoms with E-state index in [1.54, 1.807) is 12.1 Å². The average Bonchev–Trinajstić information content (AvgIpc) is 2.39. The Morgan fingerprint density at radius 1 is 1.18 bits per heavy atom. The molecule has 0 unspecified atom stereocenters. The van der Waals surface area contributed by atoms with Crippen LogP contribution in [0.5, 0.6) is 5.75 Å². The Labute approximate surface area is 102 Å². The Balaban J connectivity index is 1.81. The van der Waals surface area contributed by atoms with Gasteiger partial charge in [0.25, 0.3) is 0 Å². The molecule has 0 radical (unpaired) electrons. The van der Waals surface area contributed by atoms with Crippen LogP contribution >= 0.6 is 0 Å². The smallest absolute Gasteiger partial charge is 0.223 e. The Hall–Kier alpha value is -1.51. The molecule has 17 heavy (non-hydrogen) atoms. The number of amides is 1. The van der Waals surface area contributed by atoms with Crippen LogP contribution in [0, 0.1) is 5.92 Å². The first kappa shape index (κ1) is 12.0. The van der Waals surface area contributed by atoms with Gasteiger partial charge in [0.05, 0.1) is 0 Å². The molecule has 0 heterocycles. The van der Waals surface area contributed by atoms with Gasteiger partial charge in [-0.25, -0.2) is 0 Å². The first-order valence-electron chi connectivity index (χ1n) is 6.31. The van der Waals surface area contributed by atoms with E-state index < -0.39 is 0 Å². The van der Waals surface area contributed by atoms with Crippen LogP contribution in [-0.2, 0) is 11.3 Å². The topological polar surface area (TPSA) is 49.3 Å². The van der Waals surface area contributed by atoms with Crippen molar-refractivity contribution in [2.75, 3.05) is 0 Å². The largest absolute Gasteiger partial charge is 0.508 e. The molecule has 1 aliphatic rings. The summed E-state index contributed by atoms with van der Waals surface area (Å²) in [6.07, 6.45) is 5.68. The molecule has 1 aliphatic carbocycles. The van der Waals surface area contributed by atoms with Gasteiger partial charge in [0.1, 0.15) is 5.75 Å². The van der Waals surface area contributed by atoms with Crippen LogP contribution in [0.15, 0.2) is 24.3 Å². The van der Waals surface area contributed by atoms with Crippen LogP contribution in [0.1, 0.15) is 37.7 Å². The van der Waals surface area contributed by atoms with E-state index in [9.17, 15) is 4.79 Å². The van der Waals surface area contributed by atoms with Crippen molar-refractivity contribution in [2.45, 2.75) is 38.6 Å². The predicted molar refractivity (Wildman–Crippen MR) is 66.5 cm³/mol. The van der Waals surface area contributed by atoms with Gasteiger partial charge in [0, 0.05) is 12.5 Å². The van der Waals surface area contributed by atoms with E-state index in [0.717, 1.165) is 18.4 Å². The van der Waals surface area contributed by atoms with Gasteiger partial charge in [-0.2, -0.15) is 0 Å². The number of aromatic hydroxyl groups is 1. The second-order valence-corrected chi connectivity index (χ2v) is 4.72. The minimum Gasteiger partial charge on any atom is -0.508 e. The van der Waals surface area contributed by atoms with Crippen LogP contribution in [0.25, 0.3) is 0 Å². The summed E-state index contributed by atoms with van der Waals surface area (Å²) in [7, 11) is 0. The minimum atomic E-state index is 0.178. The van der Waals surface area contributed by atoms with Gasteiger partial charge in [0.2, 0.25) is 5.91 Å². The molecule has 0 atom stereocenters. The molecule has 92 valence electrons. The van der Waals surface area contributed by atoms with E-state index in [1.807, 2.05) is 12.1 Å². The quantitative estimate of drug-likeness (QED) is 0.843. The van der Waals surface area contributed by atoms with E-state index in [0.29, 0.717) is 6.54 Å². The Morgan fingerprint density at radius 3 is 2.47 bits per heavy atom. The fraction of sp³-hybridized carbons (Fsp3) is 0.500. The Morgan fingerprint density at radius 2 is 1.82 bits per heavy atom. The molecule has 2 N–H and O–H groups in total. The highest BCUT2D eigenvalue weighted by molar-refractivity contribution is 5.78. The number of carbonyl (C=O) groups is 1. The zero-order valence-electron chi connectivity index (χ0n) is 9.98. The number of rotatable bonds is 3. The number of hydrogen-bond donors (Lipinski definition) is 2. The SMILES string of the molecule is O=C(NCc1ccc(O)cc1)C1CCCCC1. The fourth-order valence-electron chi connectivity index (χ4n) is 2.31. The average molecular weight is 233 g/mol. The molecular formula is C14H19NO2.